The Morgan fingerprint density at radius 1 is 1.19 bits per heavy atom. The van der Waals surface area contributed by atoms with E-state index in [1.807, 2.05) is 59.8 Å². The molecule has 3 atom stereocenters. The Morgan fingerprint density at radius 3 is 2.59 bits per heavy atom. The molecule has 0 fully saturated rings. The van der Waals surface area contributed by atoms with Crippen LogP contribution in [0.15, 0.2) is 65.2 Å². The average Bonchev–Trinajstić information content (AvgIpc) is 2.68. The number of nitrogens with zero attached hydrogens (tertiary/aromatic N) is 2. The van der Waals surface area contributed by atoms with Gasteiger partial charge in [0, 0.05) is 23.6 Å². The summed E-state index contributed by atoms with van der Waals surface area (Å²) in [6.45, 7) is 6.67. The number of rotatable bonds is 2. The van der Waals surface area contributed by atoms with Crippen LogP contribution in [0.25, 0.3) is 0 Å². The van der Waals surface area contributed by atoms with Gasteiger partial charge in [-0.25, -0.2) is 4.21 Å². The summed E-state index contributed by atoms with van der Waals surface area (Å²) in [5, 5.41) is 9.85. The van der Waals surface area contributed by atoms with Crippen molar-refractivity contribution in [2.24, 2.45) is 5.92 Å². The second-order valence-electron chi connectivity index (χ2n) is 7.67. The predicted octanol–water partition coefficient (Wildman–Crippen LogP) is 4.31. The molecule has 0 saturated carbocycles. The number of para-hydroxylation sites is 1. The van der Waals surface area contributed by atoms with Crippen LogP contribution in [0.5, 0.6) is 5.75 Å². The number of fused-ring (bicyclic) bond motifs is 3. The zero-order valence-corrected chi connectivity index (χ0v) is 16.5. The molecule has 0 saturated heterocycles. The molecule has 5 heteroatoms. The van der Waals surface area contributed by atoms with E-state index in [4.69, 9.17) is 4.74 Å². The molecule has 2 aromatic carbocycles. The van der Waals surface area contributed by atoms with Crippen LogP contribution in [0.1, 0.15) is 30.9 Å². The maximum Gasteiger partial charge on any atom is 0.152 e. The van der Waals surface area contributed by atoms with Crippen molar-refractivity contribution in [2.75, 3.05) is 6.61 Å². The first-order valence-electron chi connectivity index (χ1n) is 9.05. The molecule has 27 heavy (non-hydrogen) atoms. The van der Waals surface area contributed by atoms with Gasteiger partial charge in [-0.3, -0.25) is 4.31 Å². The quantitative estimate of drug-likeness (QED) is 0.782. The topological polar surface area (TPSA) is 53.3 Å². The average molecular weight is 378 g/mol. The molecule has 2 heterocycles. The van der Waals surface area contributed by atoms with Crippen LogP contribution in [0.4, 0.5) is 0 Å². The second-order valence-corrected chi connectivity index (χ2v) is 9.03. The van der Waals surface area contributed by atoms with E-state index in [2.05, 4.69) is 19.9 Å². The summed E-state index contributed by atoms with van der Waals surface area (Å²) in [6, 6.07) is 18.0. The summed E-state index contributed by atoms with van der Waals surface area (Å²) in [4.78, 5) is 0.734. The SMILES string of the molecule is Cc1ccc([S@](=O)N2C=C(C#N)[C@H]3c4ccccc4OC[C@@H]3C2(C)C)cc1. The molecule has 0 bridgehead atoms. The van der Waals surface area contributed by atoms with Gasteiger partial charge in [0.25, 0.3) is 0 Å². The Morgan fingerprint density at radius 2 is 1.89 bits per heavy atom. The number of nitriles is 1. The van der Waals surface area contributed by atoms with Crippen molar-refractivity contribution in [3.8, 4) is 11.8 Å². The van der Waals surface area contributed by atoms with Gasteiger partial charge in [0.2, 0.25) is 0 Å². The standard InChI is InChI=1S/C22H22N2O2S/c1-15-8-10-17(11-9-15)27(25)24-13-16(12-23)21-18-6-4-5-7-20(18)26-14-19(21)22(24,2)3/h4-11,13,19,21H,14H2,1-3H3/t19-,21-,27-/m0/s1. The summed E-state index contributed by atoms with van der Waals surface area (Å²) in [6.07, 6.45) is 1.79. The summed E-state index contributed by atoms with van der Waals surface area (Å²) >= 11 is 0. The molecule has 0 unspecified atom stereocenters. The van der Waals surface area contributed by atoms with Crippen molar-refractivity contribution in [1.29, 1.82) is 5.26 Å². The summed E-state index contributed by atoms with van der Waals surface area (Å²) in [5.41, 5.74) is 2.36. The molecule has 4 rings (SSSR count). The highest BCUT2D eigenvalue weighted by molar-refractivity contribution is 7.82. The van der Waals surface area contributed by atoms with Gasteiger partial charge in [0.15, 0.2) is 11.0 Å². The highest BCUT2D eigenvalue weighted by Crippen LogP contribution is 2.50. The fraction of sp³-hybridized carbons (Fsp3) is 0.318. The van der Waals surface area contributed by atoms with Gasteiger partial charge in [-0.1, -0.05) is 35.9 Å². The fourth-order valence-electron chi connectivity index (χ4n) is 4.02. The summed E-state index contributed by atoms with van der Waals surface area (Å²) in [5.74, 6) is 0.825. The number of ether oxygens (including phenoxy) is 1. The van der Waals surface area contributed by atoms with E-state index < -0.39 is 16.5 Å². The van der Waals surface area contributed by atoms with Crippen LogP contribution in [0, 0.1) is 24.2 Å². The third-order valence-corrected chi connectivity index (χ3v) is 7.28. The van der Waals surface area contributed by atoms with E-state index in [0.717, 1.165) is 21.8 Å². The van der Waals surface area contributed by atoms with Crippen molar-refractivity contribution >= 4 is 11.0 Å². The van der Waals surface area contributed by atoms with Crippen molar-refractivity contribution in [3.63, 3.8) is 0 Å². The molecule has 2 aliphatic rings. The maximum absolute atomic E-state index is 13.4. The number of aryl methyl sites for hydroxylation is 1. The van der Waals surface area contributed by atoms with E-state index in [0.29, 0.717) is 12.2 Å². The minimum atomic E-state index is -1.39. The number of benzene rings is 2. The first kappa shape index (κ1) is 17.8. The highest BCUT2D eigenvalue weighted by Gasteiger charge is 2.50. The van der Waals surface area contributed by atoms with Gasteiger partial charge in [-0.15, -0.1) is 0 Å². The molecule has 138 valence electrons. The Labute approximate surface area is 162 Å². The Hall–Kier alpha value is -2.58. The van der Waals surface area contributed by atoms with Crippen molar-refractivity contribution in [2.45, 2.75) is 37.1 Å². The third-order valence-electron chi connectivity index (χ3n) is 5.67. The molecule has 0 radical (unpaired) electrons. The smallest absolute Gasteiger partial charge is 0.152 e. The third kappa shape index (κ3) is 2.85. The van der Waals surface area contributed by atoms with Crippen LogP contribution >= 0.6 is 0 Å². The summed E-state index contributed by atoms with van der Waals surface area (Å²) < 4.78 is 21.2. The van der Waals surface area contributed by atoms with Crippen molar-refractivity contribution in [3.05, 3.63) is 71.4 Å². The van der Waals surface area contributed by atoms with E-state index in [-0.39, 0.29) is 11.8 Å². The lowest BCUT2D eigenvalue weighted by Crippen LogP contribution is -2.55. The first-order chi connectivity index (χ1) is 12.9. The molecule has 2 aliphatic heterocycles. The molecular formula is C22H22N2O2S. The second kappa shape index (κ2) is 6.54. The fourth-order valence-corrected chi connectivity index (χ4v) is 5.39. The highest BCUT2D eigenvalue weighted by atomic mass is 32.2. The van der Waals surface area contributed by atoms with Crippen LogP contribution in [0.2, 0.25) is 0 Å². The van der Waals surface area contributed by atoms with Gasteiger partial charge in [-0.05, 0) is 39.0 Å². The molecule has 2 aromatic rings. The molecule has 0 amide bonds. The van der Waals surface area contributed by atoms with E-state index in [1.54, 1.807) is 6.20 Å². The van der Waals surface area contributed by atoms with E-state index in [9.17, 15) is 9.47 Å². The largest absolute Gasteiger partial charge is 0.493 e. The van der Waals surface area contributed by atoms with Crippen LogP contribution in [0.3, 0.4) is 0 Å². The zero-order valence-electron chi connectivity index (χ0n) is 15.7. The van der Waals surface area contributed by atoms with Gasteiger partial charge in [0.05, 0.1) is 28.7 Å². The number of hydrogen-bond acceptors (Lipinski definition) is 3. The summed E-state index contributed by atoms with van der Waals surface area (Å²) in [7, 11) is -1.39. The lowest BCUT2D eigenvalue weighted by Gasteiger charge is -2.50. The minimum absolute atomic E-state index is 0.0291. The lowest BCUT2D eigenvalue weighted by atomic mass is 9.69. The maximum atomic E-state index is 13.4. The van der Waals surface area contributed by atoms with Gasteiger partial charge < -0.3 is 4.74 Å². The zero-order chi connectivity index (χ0) is 19.2. The van der Waals surface area contributed by atoms with Gasteiger partial charge >= 0.3 is 0 Å². The number of allylic oxidation sites excluding steroid dienone is 1. The molecular weight excluding hydrogens is 356 g/mol. The number of hydrogen-bond donors (Lipinski definition) is 0. The minimum Gasteiger partial charge on any atom is -0.493 e. The van der Waals surface area contributed by atoms with E-state index >= 15 is 0 Å². The Balaban J connectivity index is 1.81. The first-order valence-corrected chi connectivity index (χ1v) is 10.2. The van der Waals surface area contributed by atoms with Crippen LogP contribution in [-0.4, -0.2) is 20.7 Å². The normalized spacial score (nSPS) is 23.9. The van der Waals surface area contributed by atoms with Crippen molar-refractivity contribution < 1.29 is 8.95 Å². The van der Waals surface area contributed by atoms with Crippen LogP contribution < -0.4 is 4.74 Å². The van der Waals surface area contributed by atoms with Crippen LogP contribution in [-0.2, 0) is 11.0 Å². The van der Waals surface area contributed by atoms with E-state index in [1.165, 1.54) is 0 Å². The Kier molecular flexibility index (Phi) is 4.32. The van der Waals surface area contributed by atoms with Crippen molar-refractivity contribution in [1.82, 2.24) is 4.31 Å². The molecule has 0 aliphatic carbocycles. The van der Waals surface area contributed by atoms with Gasteiger partial charge in [-0.2, -0.15) is 5.26 Å². The van der Waals surface area contributed by atoms with Gasteiger partial charge in [0.1, 0.15) is 5.75 Å². The monoisotopic (exact) mass is 378 g/mol. The molecule has 4 nitrogen and oxygen atoms in total. The predicted molar refractivity (Wildman–Crippen MR) is 105 cm³/mol. The molecule has 0 spiro atoms. The Bertz CT molecular complexity index is 973. The molecule has 0 N–H and O–H groups in total. The lowest BCUT2D eigenvalue weighted by molar-refractivity contribution is 0.0842. The molecule has 0 aromatic heterocycles.